The Labute approximate surface area is 122 Å². The smallest absolute Gasteiger partial charge is 0.151 e. The molecule has 0 amide bonds. The van der Waals surface area contributed by atoms with Crippen molar-refractivity contribution in [1.82, 2.24) is 0 Å². The zero-order chi connectivity index (χ0) is 11.1. The van der Waals surface area contributed by atoms with Crippen molar-refractivity contribution < 1.29 is 0 Å². The maximum Gasteiger partial charge on any atom is 0.358 e. The quantitative estimate of drug-likeness (QED) is 0.458. The monoisotopic (exact) mass is 428 g/mol. The minimum atomic E-state index is -3.35. The van der Waals surface area contributed by atoms with Gasteiger partial charge >= 0.3 is 11.2 Å². The Morgan fingerprint density at radius 1 is 0.692 bits per heavy atom. The maximum atomic E-state index is 5.93. The standard InChI is InChI=1S/Cl9HSi4/c1-10(2)12(6,7)13(8,9)11(3,4)5/h10H. The van der Waals surface area contributed by atoms with Crippen LogP contribution in [-0.4, -0.2) is 23.9 Å². The van der Waals surface area contributed by atoms with Gasteiger partial charge in [-0.1, -0.05) is 0 Å². The van der Waals surface area contributed by atoms with E-state index < -0.39 is 23.9 Å². The predicted octanol–water partition coefficient (Wildman–Crippen LogP) is 4.41. The summed E-state index contributed by atoms with van der Waals surface area (Å²) in [6.45, 7) is -2.41. The molecule has 0 nitrogen and oxygen atoms in total. The lowest BCUT2D eigenvalue weighted by atomic mass is 26.2. The summed E-state index contributed by atoms with van der Waals surface area (Å²) in [6.07, 6.45) is 0. The summed E-state index contributed by atoms with van der Waals surface area (Å²) < 4.78 is 0. The molecule has 80 valence electrons. The van der Waals surface area contributed by atoms with Gasteiger partial charge in [-0.15, -0.1) is 77.6 Å². The van der Waals surface area contributed by atoms with Gasteiger partial charge in [-0.3, -0.25) is 0 Å². The minimum Gasteiger partial charge on any atom is -0.151 e. The van der Waals surface area contributed by atoms with E-state index in [0.29, 0.717) is 0 Å². The predicted molar refractivity (Wildman–Crippen MR) is 77.1 cm³/mol. The molecule has 0 unspecified atom stereocenters. The molecule has 0 rings (SSSR count). The molecular formula is HCl9Si4. The molecule has 13 heteroatoms. The Bertz CT molecular complexity index is 177. The van der Waals surface area contributed by atoms with E-state index in [1.54, 1.807) is 0 Å². The zero-order valence-electron chi connectivity index (χ0n) is 5.48. The second-order valence-electron chi connectivity index (χ2n) is 2.00. The van der Waals surface area contributed by atoms with Crippen molar-refractivity contribution in [3.8, 4) is 0 Å². The molecule has 0 spiro atoms. The summed E-state index contributed by atoms with van der Waals surface area (Å²) in [6, 6.07) is 0. The van der Waals surface area contributed by atoms with Gasteiger partial charge in [0.25, 0.3) is 12.7 Å². The third kappa shape index (κ3) is 3.72. The first-order chi connectivity index (χ1) is 5.44. The molecule has 0 bridgehead atoms. The van der Waals surface area contributed by atoms with Crippen LogP contribution < -0.4 is 0 Å². The highest BCUT2D eigenvalue weighted by Gasteiger charge is 2.70. The highest BCUT2D eigenvalue weighted by Crippen LogP contribution is 2.48. The average Bonchev–Trinajstić information content (AvgIpc) is 1.84. The number of halogens is 9. The van der Waals surface area contributed by atoms with Crippen LogP contribution >= 0.6 is 99.7 Å². The van der Waals surface area contributed by atoms with E-state index in [0.717, 1.165) is 0 Å². The highest BCUT2D eigenvalue weighted by atomic mass is 35.9. The van der Waals surface area contributed by atoms with E-state index in [-0.39, 0.29) is 0 Å². The van der Waals surface area contributed by atoms with Crippen molar-refractivity contribution in [1.29, 1.82) is 0 Å². The number of rotatable bonds is 3. The van der Waals surface area contributed by atoms with Crippen molar-refractivity contribution in [2.24, 2.45) is 0 Å². The molecule has 0 aromatic carbocycles. The van der Waals surface area contributed by atoms with Crippen LogP contribution in [0.1, 0.15) is 0 Å². The lowest BCUT2D eigenvalue weighted by Gasteiger charge is -2.31. The average molecular weight is 432 g/mol. The molecule has 0 aromatic heterocycles. The van der Waals surface area contributed by atoms with E-state index in [1.165, 1.54) is 0 Å². The lowest BCUT2D eigenvalue weighted by Crippen LogP contribution is -2.65. The third-order valence-electron chi connectivity index (χ3n) is 1.05. The van der Waals surface area contributed by atoms with E-state index >= 15 is 0 Å². The van der Waals surface area contributed by atoms with E-state index in [4.69, 9.17) is 99.7 Å². The minimum absolute atomic E-state index is 2.41. The summed E-state index contributed by atoms with van der Waals surface area (Å²) in [5, 5.41) is 0. The summed E-state index contributed by atoms with van der Waals surface area (Å²) in [5.74, 6) is 0. The zero-order valence-corrected chi connectivity index (χ0v) is 16.4. The van der Waals surface area contributed by atoms with Gasteiger partial charge in [0.15, 0.2) is 0 Å². The Morgan fingerprint density at radius 3 is 1.08 bits per heavy atom. The summed E-state index contributed by atoms with van der Waals surface area (Å²) in [4.78, 5) is 0. The van der Waals surface area contributed by atoms with Gasteiger partial charge in [-0.25, -0.2) is 0 Å². The van der Waals surface area contributed by atoms with E-state index in [1.807, 2.05) is 0 Å². The van der Waals surface area contributed by atoms with E-state index in [9.17, 15) is 0 Å². The summed E-state index contributed by atoms with van der Waals surface area (Å²) in [7, 11) is 0. The third-order valence-corrected chi connectivity index (χ3v) is 84.9. The largest absolute Gasteiger partial charge is 0.358 e. The first-order valence-electron chi connectivity index (χ1n) is 2.55. The fraction of sp³-hybridized carbons (Fsp3) is 0. The second-order valence-corrected chi connectivity index (χ2v) is 53.9. The molecule has 0 N–H and O–H groups in total. The Morgan fingerprint density at radius 2 is 1.00 bits per heavy atom. The topological polar surface area (TPSA) is 0 Å². The number of hydrogen-bond acceptors (Lipinski definition) is 0. The molecule has 0 fully saturated rings. The Kier molecular flexibility index (Phi) is 6.86. The highest BCUT2D eigenvalue weighted by molar-refractivity contribution is 8.28. The normalized spacial score (nSPS) is 15.2. The maximum absolute atomic E-state index is 5.93. The van der Waals surface area contributed by atoms with Crippen molar-refractivity contribution in [2.75, 3.05) is 0 Å². The van der Waals surface area contributed by atoms with Gasteiger partial charge < -0.3 is 0 Å². The molecule has 0 heterocycles. The fourth-order valence-electron chi connectivity index (χ4n) is 0.326. The number of hydrogen-bond donors (Lipinski definition) is 0. The van der Waals surface area contributed by atoms with Crippen LogP contribution in [0.4, 0.5) is 0 Å². The van der Waals surface area contributed by atoms with Crippen LogP contribution in [0.3, 0.4) is 0 Å². The van der Waals surface area contributed by atoms with Crippen LogP contribution in [0.25, 0.3) is 0 Å². The molecule has 0 radical (unpaired) electrons. The van der Waals surface area contributed by atoms with Crippen molar-refractivity contribution in [2.45, 2.75) is 0 Å². The lowest BCUT2D eigenvalue weighted by molar-refractivity contribution is 3.29. The molecule has 0 saturated heterocycles. The van der Waals surface area contributed by atoms with Crippen LogP contribution in [0.5, 0.6) is 0 Å². The fourth-order valence-corrected chi connectivity index (χ4v) is 79.2. The molecule has 0 aromatic rings. The van der Waals surface area contributed by atoms with Crippen molar-refractivity contribution in [3.05, 3.63) is 0 Å². The molecule has 0 aliphatic rings. The molecule has 0 saturated carbocycles. The Hall–Kier alpha value is 3.48. The van der Waals surface area contributed by atoms with Crippen molar-refractivity contribution in [3.63, 3.8) is 0 Å². The second kappa shape index (κ2) is 5.41. The van der Waals surface area contributed by atoms with Crippen LogP contribution in [0.2, 0.25) is 0 Å². The first-order valence-corrected chi connectivity index (χ1v) is 22.9. The van der Waals surface area contributed by atoms with Crippen LogP contribution in [0.15, 0.2) is 0 Å². The van der Waals surface area contributed by atoms with Gasteiger partial charge in [-0.2, -0.15) is 22.2 Å². The molecule has 0 aliphatic carbocycles. The van der Waals surface area contributed by atoms with Gasteiger partial charge in [0.2, 0.25) is 0 Å². The van der Waals surface area contributed by atoms with Crippen LogP contribution in [-0.2, 0) is 0 Å². The van der Waals surface area contributed by atoms with Gasteiger partial charge in [0.1, 0.15) is 0 Å². The van der Waals surface area contributed by atoms with Gasteiger partial charge in [0, 0.05) is 0 Å². The van der Waals surface area contributed by atoms with Gasteiger partial charge in [0.05, 0.1) is 0 Å². The van der Waals surface area contributed by atoms with E-state index in [2.05, 4.69) is 0 Å². The van der Waals surface area contributed by atoms with Crippen molar-refractivity contribution >= 4 is 124 Å². The summed E-state index contributed by atoms with van der Waals surface area (Å²) >= 11 is 52.1. The molecule has 0 atom stereocenters. The summed E-state index contributed by atoms with van der Waals surface area (Å²) in [5.41, 5.74) is -9.88. The Balaban J connectivity index is 5.04. The molecule has 13 heavy (non-hydrogen) atoms. The first kappa shape index (κ1) is 16.5. The molecular weight excluding hydrogens is 431 g/mol. The van der Waals surface area contributed by atoms with Gasteiger partial charge in [-0.05, 0) is 0 Å². The SMILES string of the molecule is Cl[SiH](Cl)[Si](Cl)(Cl)[Si](Cl)(Cl)[Si](Cl)(Cl)Cl. The molecule has 0 aliphatic heterocycles. The van der Waals surface area contributed by atoms with Crippen LogP contribution in [0, 0.1) is 0 Å².